The lowest BCUT2D eigenvalue weighted by atomic mass is 10.2. The zero-order valence-electron chi connectivity index (χ0n) is 17.6. The average molecular weight is 530 g/mol. The molecule has 0 radical (unpaired) electrons. The molecule has 0 spiro atoms. The first kappa shape index (κ1) is 23.2. The summed E-state index contributed by atoms with van der Waals surface area (Å²) in [5.41, 5.74) is 1.10. The normalized spacial score (nSPS) is 12.1. The van der Waals surface area contributed by atoms with Crippen LogP contribution >= 0.6 is 23.2 Å². The molecule has 0 saturated heterocycles. The Morgan fingerprint density at radius 2 is 1.89 bits per heavy atom. The number of halogens is 3. The third-order valence-corrected chi connectivity index (χ3v) is 7.17. The van der Waals surface area contributed by atoms with Crippen LogP contribution in [0.2, 0.25) is 10.0 Å². The smallest absolute Gasteiger partial charge is 0.267 e. The van der Waals surface area contributed by atoms with E-state index >= 15 is 0 Å². The third kappa shape index (κ3) is 4.68. The summed E-state index contributed by atoms with van der Waals surface area (Å²) in [5, 5.41) is 8.98. The van der Waals surface area contributed by atoms with Gasteiger partial charge in [-0.3, -0.25) is 9.48 Å². The van der Waals surface area contributed by atoms with Crippen molar-refractivity contribution < 1.29 is 13.1 Å². The molecule has 0 fully saturated rings. The van der Waals surface area contributed by atoms with Gasteiger partial charge in [0.25, 0.3) is 5.56 Å². The van der Waals surface area contributed by atoms with E-state index in [2.05, 4.69) is 20.2 Å². The van der Waals surface area contributed by atoms with E-state index in [9.17, 15) is 13.4 Å². The van der Waals surface area contributed by atoms with Crippen LogP contribution in [0.25, 0.3) is 22.9 Å². The van der Waals surface area contributed by atoms with E-state index < -0.39 is 16.4 Å². The summed E-state index contributed by atoms with van der Waals surface area (Å²) in [7, 11) is -1.88. The SMILES string of the molecule is O=c1[nH]c(-c2cc(-c3ccon3)n(Cc3ccccc3F)n2)ncc1S(=O)c1ccc(Cl)cc1Cl. The molecule has 0 aliphatic heterocycles. The Bertz CT molecular complexity index is 1620. The van der Waals surface area contributed by atoms with Crippen LogP contribution in [0.3, 0.4) is 0 Å². The van der Waals surface area contributed by atoms with Crippen LogP contribution in [0.5, 0.6) is 0 Å². The molecule has 0 saturated carbocycles. The lowest BCUT2D eigenvalue weighted by molar-refractivity contribution is 0.421. The molecule has 176 valence electrons. The van der Waals surface area contributed by atoms with Crippen molar-refractivity contribution in [2.24, 2.45) is 0 Å². The Balaban J connectivity index is 1.52. The molecule has 0 aliphatic rings. The molecule has 35 heavy (non-hydrogen) atoms. The monoisotopic (exact) mass is 529 g/mol. The summed E-state index contributed by atoms with van der Waals surface area (Å²) in [6, 6.07) is 14.1. The standard InChI is InChI=1S/C23H14Cl2FN5O3S/c24-14-5-6-20(15(25)9-14)35(33)21-11-27-22(28-23(21)32)18-10-19(17-7-8-34-30-17)31(29-18)12-13-3-1-2-4-16(13)26/h1-11H,12H2,(H,27,28,32). The molecule has 3 heterocycles. The molecule has 0 aliphatic carbocycles. The first-order valence-electron chi connectivity index (χ1n) is 10.1. The number of rotatable bonds is 6. The van der Waals surface area contributed by atoms with E-state index in [1.165, 1.54) is 41.4 Å². The van der Waals surface area contributed by atoms with Gasteiger partial charge in [-0.15, -0.1) is 0 Å². The van der Waals surface area contributed by atoms with Gasteiger partial charge in [-0.2, -0.15) is 5.10 Å². The molecule has 8 nitrogen and oxygen atoms in total. The first-order chi connectivity index (χ1) is 16.9. The van der Waals surface area contributed by atoms with Gasteiger partial charge in [-0.25, -0.2) is 13.6 Å². The molecule has 1 N–H and O–H groups in total. The second-order valence-corrected chi connectivity index (χ2v) is 9.58. The van der Waals surface area contributed by atoms with Crippen molar-refractivity contribution in [1.29, 1.82) is 0 Å². The Kier molecular flexibility index (Phi) is 6.33. The lowest BCUT2D eigenvalue weighted by Crippen LogP contribution is -2.16. The molecule has 1 atom stereocenters. The minimum Gasteiger partial charge on any atom is -0.364 e. The molecule has 0 bridgehead atoms. The molecule has 0 amide bonds. The van der Waals surface area contributed by atoms with Gasteiger partial charge in [0, 0.05) is 16.7 Å². The van der Waals surface area contributed by atoms with Crippen molar-refractivity contribution in [1.82, 2.24) is 24.9 Å². The maximum Gasteiger partial charge on any atom is 0.267 e. The summed E-state index contributed by atoms with van der Waals surface area (Å²) in [6.45, 7) is 0.107. The highest BCUT2D eigenvalue weighted by Crippen LogP contribution is 2.27. The Labute approximate surface area is 209 Å². The largest absolute Gasteiger partial charge is 0.364 e. The van der Waals surface area contributed by atoms with Crippen LogP contribution < -0.4 is 5.56 Å². The molecule has 1 unspecified atom stereocenters. The van der Waals surface area contributed by atoms with Gasteiger partial charge in [0.1, 0.15) is 28.4 Å². The second-order valence-electron chi connectivity index (χ2n) is 7.32. The number of aromatic nitrogens is 5. The zero-order valence-corrected chi connectivity index (χ0v) is 19.9. The van der Waals surface area contributed by atoms with Gasteiger partial charge in [0.2, 0.25) is 0 Å². The van der Waals surface area contributed by atoms with Crippen molar-refractivity contribution in [3.8, 4) is 22.9 Å². The van der Waals surface area contributed by atoms with Crippen LogP contribution in [0.1, 0.15) is 5.56 Å². The summed E-state index contributed by atoms with van der Waals surface area (Å²) in [5.74, 6) is -0.246. The highest BCUT2D eigenvalue weighted by Gasteiger charge is 2.20. The van der Waals surface area contributed by atoms with E-state index in [1.54, 1.807) is 30.3 Å². The van der Waals surface area contributed by atoms with Crippen molar-refractivity contribution in [3.05, 3.63) is 98.8 Å². The van der Waals surface area contributed by atoms with Crippen molar-refractivity contribution in [2.45, 2.75) is 16.3 Å². The van der Waals surface area contributed by atoms with Crippen LogP contribution in [-0.2, 0) is 17.3 Å². The number of benzene rings is 2. The van der Waals surface area contributed by atoms with Crippen molar-refractivity contribution in [2.75, 3.05) is 0 Å². The summed E-state index contributed by atoms with van der Waals surface area (Å²) in [4.78, 5) is 19.8. The predicted octanol–water partition coefficient (Wildman–Crippen LogP) is 4.95. The molecule has 5 aromatic rings. The van der Waals surface area contributed by atoms with Crippen LogP contribution in [0, 0.1) is 5.82 Å². The van der Waals surface area contributed by atoms with Crippen molar-refractivity contribution in [3.63, 3.8) is 0 Å². The Hall–Kier alpha value is -3.60. The molecular weight excluding hydrogens is 516 g/mol. The fourth-order valence-electron chi connectivity index (χ4n) is 3.38. The summed E-state index contributed by atoms with van der Waals surface area (Å²) in [6.07, 6.45) is 2.61. The van der Waals surface area contributed by atoms with Crippen LogP contribution in [-0.4, -0.2) is 29.1 Å². The summed E-state index contributed by atoms with van der Waals surface area (Å²) < 4.78 is 33.7. The number of nitrogens with one attached hydrogen (secondary N) is 1. The molecule has 12 heteroatoms. The van der Waals surface area contributed by atoms with E-state index in [-0.39, 0.29) is 33.0 Å². The molecule has 2 aromatic carbocycles. The molecular formula is C23H14Cl2FN5O3S. The third-order valence-electron chi connectivity index (χ3n) is 5.06. The van der Waals surface area contributed by atoms with E-state index in [4.69, 9.17) is 27.7 Å². The molecule has 3 aromatic heterocycles. The fraction of sp³-hybridized carbons (Fsp3) is 0.0435. The summed E-state index contributed by atoms with van der Waals surface area (Å²) >= 11 is 12.0. The second kappa shape index (κ2) is 9.57. The highest BCUT2D eigenvalue weighted by molar-refractivity contribution is 7.85. The quantitative estimate of drug-likeness (QED) is 0.333. The van der Waals surface area contributed by atoms with Crippen molar-refractivity contribution >= 4 is 34.0 Å². The van der Waals surface area contributed by atoms with E-state index in [0.717, 1.165) is 0 Å². The maximum atomic E-state index is 14.3. The van der Waals surface area contributed by atoms with Gasteiger partial charge in [0.05, 0.1) is 39.2 Å². The minimum absolute atomic E-state index is 0.0829. The Morgan fingerprint density at radius 1 is 1.06 bits per heavy atom. The van der Waals surface area contributed by atoms with Gasteiger partial charge in [0.15, 0.2) is 5.82 Å². The first-order valence-corrected chi connectivity index (χ1v) is 12.0. The number of hydrogen-bond acceptors (Lipinski definition) is 6. The topological polar surface area (TPSA) is 107 Å². The maximum absolute atomic E-state index is 14.3. The number of aromatic amines is 1. The highest BCUT2D eigenvalue weighted by atomic mass is 35.5. The van der Waals surface area contributed by atoms with Gasteiger partial charge < -0.3 is 9.51 Å². The Morgan fingerprint density at radius 3 is 2.60 bits per heavy atom. The van der Waals surface area contributed by atoms with E-state index in [0.29, 0.717) is 27.7 Å². The predicted molar refractivity (Wildman–Crippen MR) is 128 cm³/mol. The van der Waals surface area contributed by atoms with Crippen LogP contribution in [0.4, 0.5) is 4.39 Å². The number of nitrogens with zero attached hydrogens (tertiary/aromatic N) is 4. The van der Waals surface area contributed by atoms with E-state index in [1.807, 2.05) is 0 Å². The fourth-order valence-corrected chi connectivity index (χ4v) is 5.03. The van der Waals surface area contributed by atoms with Crippen LogP contribution in [0.15, 0.2) is 86.2 Å². The van der Waals surface area contributed by atoms with Gasteiger partial charge >= 0.3 is 0 Å². The lowest BCUT2D eigenvalue weighted by Gasteiger charge is -2.06. The van der Waals surface area contributed by atoms with Gasteiger partial charge in [-0.05, 0) is 30.3 Å². The minimum atomic E-state index is -1.88. The average Bonchev–Trinajstić information content (AvgIpc) is 3.50. The number of hydrogen-bond donors (Lipinski definition) is 1. The molecule has 5 rings (SSSR count). The van der Waals surface area contributed by atoms with Gasteiger partial charge in [-0.1, -0.05) is 46.6 Å². The number of H-pyrrole nitrogens is 1. The zero-order chi connectivity index (χ0) is 24.5.